The summed E-state index contributed by atoms with van der Waals surface area (Å²) in [4.78, 5) is 2.19. The molecule has 17 heavy (non-hydrogen) atoms. The zero-order valence-electron chi connectivity index (χ0n) is 9.92. The van der Waals surface area contributed by atoms with E-state index in [1.165, 1.54) is 0 Å². The van der Waals surface area contributed by atoms with E-state index in [1.54, 1.807) is 6.07 Å². The fourth-order valence-corrected chi connectivity index (χ4v) is 2.81. The van der Waals surface area contributed by atoms with Crippen molar-refractivity contribution in [3.63, 3.8) is 0 Å². The average Bonchev–Trinajstić information content (AvgIpc) is 2.23. The minimum Gasteiger partial charge on any atom is -0.387 e. The second kappa shape index (κ2) is 5.15. The van der Waals surface area contributed by atoms with Crippen molar-refractivity contribution in [2.24, 2.45) is 0 Å². The Hall–Kier alpha value is -0.280. The number of rotatable bonds is 4. The van der Waals surface area contributed by atoms with Gasteiger partial charge in [0.1, 0.15) is 0 Å². The van der Waals surface area contributed by atoms with Crippen LogP contribution in [0.15, 0.2) is 18.2 Å². The molecule has 0 atom stereocenters. The summed E-state index contributed by atoms with van der Waals surface area (Å²) in [6.07, 6.45) is 1.88. The fourth-order valence-electron chi connectivity index (χ4n) is 2.43. The van der Waals surface area contributed by atoms with Crippen LogP contribution in [0.1, 0.15) is 25.3 Å². The molecule has 0 saturated carbocycles. The number of likely N-dealkylation sites (tertiary alicyclic amines) is 1. The molecule has 1 aliphatic rings. The average molecular weight is 274 g/mol. The second-order valence-electron chi connectivity index (χ2n) is 4.83. The summed E-state index contributed by atoms with van der Waals surface area (Å²) in [6.45, 7) is 4.30. The lowest BCUT2D eigenvalue weighted by atomic mass is 9.89. The van der Waals surface area contributed by atoms with E-state index in [2.05, 4.69) is 11.8 Å². The van der Waals surface area contributed by atoms with Crippen molar-refractivity contribution in [1.82, 2.24) is 4.90 Å². The van der Waals surface area contributed by atoms with Crippen LogP contribution in [0.4, 0.5) is 0 Å². The van der Waals surface area contributed by atoms with Crippen LogP contribution >= 0.6 is 23.2 Å². The molecule has 1 aromatic rings. The number of halogens is 2. The van der Waals surface area contributed by atoms with Crippen LogP contribution in [-0.2, 0) is 6.54 Å². The molecule has 0 amide bonds. The van der Waals surface area contributed by atoms with Crippen LogP contribution in [0.3, 0.4) is 0 Å². The summed E-state index contributed by atoms with van der Waals surface area (Å²) in [7, 11) is 0. The third-order valence-corrected chi connectivity index (χ3v) is 4.03. The van der Waals surface area contributed by atoms with Crippen LogP contribution in [0.25, 0.3) is 0 Å². The minimum atomic E-state index is -0.486. The first-order valence-corrected chi connectivity index (χ1v) is 6.67. The first-order valence-electron chi connectivity index (χ1n) is 5.92. The molecule has 1 heterocycles. The van der Waals surface area contributed by atoms with Crippen LogP contribution in [-0.4, -0.2) is 28.7 Å². The molecule has 1 aliphatic heterocycles. The largest absolute Gasteiger partial charge is 0.387 e. The number of benzene rings is 1. The highest BCUT2D eigenvalue weighted by Gasteiger charge is 2.39. The van der Waals surface area contributed by atoms with E-state index in [1.807, 2.05) is 12.1 Å². The van der Waals surface area contributed by atoms with Crippen molar-refractivity contribution >= 4 is 23.2 Å². The topological polar surface area (TPSA) is 23.5 Å². The highest BCUT2D eigenvalue weighted by molar-refractivity contribution is 6.42. The Bertz CT molecular complexity index is 402. The molecule has 2 nitrogen and oxygen atoms in total. The lowest BCUT2D eigenvalue weighted by molar-refractivity contribution is -0.106. The van der Waals surface area contributed by atoms with Gasteiger partial charge in [-0.15, -0.1) is 0 Å². The molecule has 2 rings (SSSR count). The fraction of sp³-hybridized carbons (Fsp3) is 0.538. The molecule has 0 bridgehead atoms. The third kappa shape index (κ3) is 2.94. The Morgan fingerprint density at radius 3 is 2.71 bits per heavy atom. The molecule has 94 valence electrons. The summed E-state index contributed by atoms with van der Waals surface area (Å²) < 4.78 is 0. The van der Waals surface area contributed by atoms with Crippen molar-refractivity contribution in [2.45, 2.75) is 31.9 Å². The molecule has 1 saturated heterocycles. The van der Waals surface area contributed by atoms with E-state index in [0.717, 1.165) is 38.0 Å². The van der Waals surface area contributed by atoms with E-state index < -0.39 is 5.60 Å². The Morgan fingerprint density at radius 2 is 2.06 bits per heavy atom. The zero-order chi connectivity index (χ0) is 12.5. The maximum atomic E-state index is 10.1. The molecule has 0 unspecified atom stereocenters. The summed E-state index contributed by atoms with van der Waals surface area (Å²) in [6, 6.07) is 5.67. The van der Waals surface area contributed by atoms with Crippen molar-refractivity contribution in [2.75, 3.05) is 13.1 Å². The molecule has 1 aromatic carbocycles. The van der Waals surface area contributed by atoms with Gasteiger partial charge in [-0.1, -0.05) is 48.7 Å². The van der Waals surface area contributed by atoms with Crippen molar-refractivity contribution < 1.29 is 5.11 Å². The molecule has 4 heteroatoms. The quantitative estimate of drug-likeness (QED) is 0.910. The van der Waals surface area contributed by atoms with Crippen molar-refractivity contribution in [1.29, 1.82) is 0 Å². The summed E-state index contributed by atoms with van der Waals surface area (Å²) in [5, 5.41) is 11.3. The lowest BCUT2D eigenvalue weighted by Crippen LogP contribution is -2.60. The Kier molecular flexibility index (Phi) is 3.99. The monoisotopic (exact) mass is 273 g/mol. The molecular formula is C13H17Cl2NO. The van der Waals surface area contributed by atoms with Gasteiger partial charge in [0.15, 0.2) is 0 Å². The van der Waals surface area contributed by atoms with Gasteiger partial charge in [0.25, 0.3) is 0 Å². The van der Waals surface area contributed by atoms with Crippen LogP contribution < -0.4 is 0 Å². The molecule has 0 aromatic heterocycles. The highest BCUT2D eigenvalue weighted by Crippen LogP contribution is 2.31. The van der Waals surface area contributed by atoms with E-state index in [-0.39, 0.29) is 0 Å². The molecule has 1 fully saturated rings. The Balaban J connectivity index is 1.94. The van der Waals surface area contributed by atoms with E-state index in [0.29, 0.717) is 10.0 Å². The van der Waals surface area contributed by atoms with Gasteiger partial charge in [-0.2, -0.15) is 0 Å². The maximum absolute atomic E-state index is 10.1. The number of hydrogen-bond acceptors (Lipinski definition) is 2. The van der Waals surface area contributed by atoms with E-state index >= 15 is 0 Å². The van der Waals surface area contributed by atoms with Crippen molar-refractivity contribution in [3.05, 3.63) is 33.8 Å². The molecular weight excluding hydrogens is 257 g/mol. The Labute approximate surface area is 112 Å². The molecule has 0 spiro atoms. The van der Waals surface area contributed by atoms with Gasteiger partial charge in [-0.25, -0.2) is 0 Å². The second-order valence-corrected chi connectivity index (χ2v) is 5.62. The summed E-state index contributed by atoms with van der Waals surface area (Å²) in [5.74, 6) is 0. The summed E-state index contributed by atoms with van der Waals surface area (Å²) >= 11 is 12.1. The smallest absolute Gasteiger partial charge is 0.0900 e. The van der Waals surface area contributed by atoms with Gasteiger partial charge in [0.05, 0.1) is 15.6 Å². The normalized spacial score (nSPS) is 19.1. The van der Waals surface area contributed by atoms with Gasteiger partial charge in [-0.05, 0) is 18.1 Å². The predicted molar refractivity (Wildman–Crippen MR) is 71.6 cm³/mol. The highest BCUT2D eigenvalue weighted by atomic mass is 35.5. The summed E-state index contributed by atoms with van der Waals surface area (Å²) in [5.41, 5.74) is 0.539. The van der Waals surface area contributed by atoms with Gasteiger partial charge in [0, 0.05) is 19.6 Å². The van der Waals surface area contributed by atoms with Crippen LogP contribution in [0.5, 0.6) is 0 Å². The zero-order valence-corrected chi connectivity index (χ0v) is 11.4. The van der Waals surface area contributed by atoms with Gasteiger partial charge < -0.3 is 5.11 Å². The van der Waals surface area contributed by atoms with Gasteiger partial charge >= 0.3 is 0 Å². The van der Waals surface area contributed by atoms with E-state index in [4.69, 9.17) is 23.2 Å². The minimum absolute atomic E-state index is 0.486. The number of nitrogens with zero attached hydrogens (tertiary/aromatic N) is 1. The van der Waals surface area contributed by atoms with Gasteiger partial charge in [-0.3, -0.25) is 4.90 Å². The first kappa shape index (κ1) is 13.2. The first-order chi connectivity index (χ1) is 8.04. The molecule has 0 aliphatic carbocycles. The molecule has 1 N–H and O–H groups in total. The lowest BCUT2D eigenvalue weighted by Gasteiger charge is -2.46. The van der Waals surface area contributed by atoms with Crippen LogP contribution in [0, 0.1) is 0 Å². The van der Waals surface area contributed by atoms with Crippen molar-refractivity contribution in [3.8, 4) is 0 Å². The van der Waals surface area contributed by atoms with Gasteiger partial charge in [0.2, 0.25) is 0 Å². The maximum Gasteiger partial charge on any atom is 0.0900 e. The van der Waals surface area contributed by atoms with Crippen LogP contribution in [0.2, 0.25) is 10.0 Å². The number of β-amino-alcohol motifs (C(OH)–C–C–N with tert-alkyl or cyclic N) is 1. The standard InChI is InChI=1S/C13H17Cl2NO/c1-2-6-13(17)8-16(9-13)7-10-4-3-5-11(14)12(10)15/h3-5,17H,2,6-9H2,1H3. The number of hydrogen-bond donors (Lipinski definition) is 1. The van der Waals surface area contributed by atoms with E-state index in [9.17, 15) is 5.11 Å². The SMILES string of the molecule is CCCC1(O)CN(Cc2cccc(Cl)c2Cl)C1. The predicted octanol–water partition coefficient (Wildman–Crippen LogP) is 3.34. The Morgan fingerprint density at radius 1 is 1.35 bits per heavy atom. The third-order valence-electron chi connectivity index (χ3n) is 3.18. The number of aliphatic hydroxyl groups is 1. The molecule has 0 radical (unpaired) electrons.